The van der Waals surface area contributed by atoms with Gasteiger partial charge in [-0.3, -0.25) is 9.78 Å². The molecule has 1 aromatic heterocycles. The molecule has 0 aliphatic carbocycles. The molecule has 3 rings (SSSR count). The average Bonchev–Trinajstić information content (AvgIpc) is 2.91. The van der Waals surface area contributed by atoms with E-state index in [1.165, 1.54) is 0 Å². The lowest BCUT2D eigenvalue weighted by molar-refractivity contribution is 0.0644. The van der Waals surface area contributed by atoms with Crippen molar-refractivity contribution in [3.8, 4) is 0 Å². The Morgan fingerprint density at radius 1 is 1.35 bits per heavy atom. The van der Waals surface area contributed by atoms with Gasteiger partial charge >= 0.3 is 0 Å². The van der Waals surface area contributed by atoms with Crippen molar-refractivity contribution < 1.29 is 9.53 Å². The Morgan fingerprint density at radius 2 is 2.29 bits per heavy atom. The van der Waals surface area contributed by atoms with E-state index in [0.29, 0.717) is 6.61 Å². The Labute approximate surface area is 99.4 Å². The van der Waals surface area contributed by atoms with Gasteiger partial charge in [-0.25, -0.2) is 0 Å². The maximum Gasteiger partial charge on any atom is 0.192 e. The van der Waals surface area contributed by atoms with Crippen LogP contribution in [0, 0.1) is 0 Å². The molecule has 3 heteroatoms. The third-order valence-electron chi connectivity index (χ3n) is 3.17. The lowest BCUT2D eigenvalue weighted by Crippen LogP contribution is -2.19. The second kappa shape index (κ2) is 4.26. The van der Waals surface area contributed by atoms with Gasteiger partial charge in [0.05, 0.1) is 0 Å². The van der Waals surface area contributed by atoms with Gasteiger partial charge in [-0.15, -0.1) is 0 Å². The number of aromatic nitrogens is 1. The number of rotatable bonds is 2. The summed E-state index contributed by atoms with van der Waals surface area (Å²) in [5.74, 6) is 0.0844. The van der Waals surface area contributed by atoms with Crippen LogP contribution in [0.5, 0.6) is 0 Å². The minimum atomic E-state index is -0.263. The number of carbonyl (C=O) groups is 1. The van der Waals surface area contributed by atoms with Crippen LogP contribution in [0.4, 0.5) is 0 Å². The highest BCUT2D eigenvalue weighted by Crippen LogP contribution is 2.23. The summed E-state index contributed by atoms with van der Waals surface area (Å²) in [6.07, 6.45) is 5.02. The quantitative estimate of drug-likeness (QED) is 0.740. The predicted octanol–water partition coefficient (Wildman–Crippen LogP) is 2.60. The van der Waals surface area contributed by atoms with E-state index in [1.807, 2.05) is 24.3 Å². The van der Waals surface area contributed by atoms with E-state index in [9.17, 15) is 4.79 Å². The number of pyridine rings is 1. The molecule has 1 unspecified atom stereocenters. The van der Waals surface area contributed by atoms with Crippen LogP contribution in [0.15, 0.2) is 36.7 Å². The van der Waals surface area contributed by atoms with Crippen LogP contribution in [-0.4, -0.2) is 23.5 Å². The van der Waals surface area contributed by atoms with Crippen molar-refractivity contribution in [2.24, 2.45) is 0 Å². The fraction of sp³-hybridized carbons (Fsp3) is 0.286. The topological polar surface area (TPSA) is 39.2 Å². The zero-order chi connectivity index (χ0) is 11.7. The minimum absolute atomic E-state index is 0.0844. The van der Waals surface area contributed by atoms with E-state index in [2.05, 4.69) is 4.98 Å². The molecule has 17 heavy (non-hydrogen) atoms. The smallest absolute Gasteiger partial charge is 0.192 e. The molecule has 1 atom stereocenters. The molecule has 2 heterocycles. The van der Waals surface area contributed by atoms with Crippen molar-refractivity contribution >= 4 is 16.6 Å². The summed E-state index contributed by atoms with van der Waals surface area (Å²) in [5, 5.41) is 1.96. The molecule has 1 fully saturated rings. The van der Waals surface area contributed by atoms with Gasteiger partial charge in [0.25, 0.3) is 0 Å². The fourth-order valence-electron chi connectivity index (χ4n) is 2.29. The Bertz CT molecular complexity index is 554. The average molecular weight is 227 g/mol. The van der Waals surface area contributed by atoms with E-state index < -0.39 is 0 Å². The maximum atomic E-state index is 12.3. The van der Waals surface area contributed by atoms with Crippen LogP contribution in [-0.2, 0) is 4.74 Å². The molecule has 0 bridgehead atoms. The number of Topliss-reactive ketones (excluding diaryl/α,β-unsaturated/α-hetero) is 1. The number of benzene rings is 1. The van der Waals surface area contributed by atoms with Crippen LogP contribution in [0.2, 0.25) is 0 Å². The van der Waals surface area contributed by atoms with Gasteiger partial charge in [0.15, 0.2) is 5.78 Å². The first-order chi connectivity index (χ1) is 8.36. The van der Waals surface area contributed by atoms with Crippen molar-refractivity contribution in [3.05, 3.63) is 42.2 Å². The molecule has 0 spiro atoms. The van der Waals surface area contributed by atoms with Gasteiger partial charge in [0.2, 0.25) is 0 Å². The van der Waals surface area contributed by atoms with Crippen LogP contribution >= 0.6 is 0 Å². The third kappa shape index (κ3) is 1.83. The summed E-state index contributed by atoms with van der Waals surface area (Å²) < 4.78 is 5.45. The van der Waals surface area contributed by atoms with Crippen LogP contribution in [0.25, 0.3) is 10.8 Å². The van der Waals surface area contributed by atoms with Gasteiger partial charge < -0.3 is 4.74 Å². The number of hydrogen-bond donors (Lipinski definition) is 0. The maximum absolute atomic E-state index is 12.3. The van der Waals surface area contributed by atoms with E-state index in [1.54, 1.807) is 12.4 Å². The Morgan fingerprint density at radius 3 is 3.12 bits per heavy atom. The molecule has 2 aromatic rings. The summed E-state index contributed by atoms with van der Waals surface area (Å²) >= 11 is 0. The molecule has 3 nitrogen and oxygen atoms in total. The number of fused-ring (bicyclic) bond motifs is 1. The number of ether oxygens (including phenoxy) is 1. The van der Waals surface area contributed by atoms with E-state index >= 15 is 0 Å². The SMILES string of the molecule is O=C(c1cccc2ccncc12)C1CCCO1. The van der Waals surface area contributed by atoms with Gasteiger partial charge in [-0.1, -0.05) is 18.2 Å². The molecular weight excluding hydrogens is 214 g/mol. The molecular formula is C14H13NO2. The molecule has 1 aliphatic heterocycles. The molecule has 0 saturated carbocycles. The Hall–Kier alpha value is -1.74. The molecule has 0 radical (unpaired) electrons. The predicted molar refractivity (Wildman–Crippen MR) is 65.0 cm³/mol. The lowest BCUT2D eigenvalue weighted by atomic mass is 9.99. The third-order valence-corrected chi connectivity index (χ3v) is 3.17. The summed E-state index contributed by atoms with van der Waals surface area (Å²) in [4.78, 5) is 16.4. The normalized spacial score (nSPS) is 19.6. The first kappa shape index (κ1) is 10.4. The van der Waals surface area contributed by atoms with Crippen molar-refractivity contribution in [3.63, 3.8) is 0 Å². The van der Waals surface area contributed by atoms with Crippen molar-refractivity contribution in [2.45, 2.75) is 18.9 Å². The lowest BCUT2D eigenvalue weighted by Gasteiger charge is -2.10. The van der Waals surface area contributed by atoms with E-state index in [4.69, 9.17) is 4.74 Å². The van der Waals surface area contributed by atoms with Crippen LogP contribution in [0.1, 0.15) is 23.2 Å². The standard InChI is InChI=1S/C14H13NO2/c16-14(13-5-2-8-17-13)11-4-1-3-10-6-7-15-9-12(10)11/h1,3-4,6-7,9,13H,2,5,8H2. The highest BCUT2D eigenvalue weighted by atomic mass is 16.5. The Balaban J connectivity index is 2.07. The second-order valence-corrected chi connectivity index (χ2v) is 4.27. The van der Waals surface area contributed by atoms with E-state index in [-0.39, 0.29) is 11.9 Å². The van der Waals surface area contributed by atoms with Crippen LogP contribution < -0.4 is 0 Å². The highest BCUT2D eigenvalue weighted by Gasteiger charge is 2.25. The van der Waals surface area contributed by atoms with Gasteiger partial charge in [0, 0.05) is 30.0 Å². The summed E-state index contributed by atoms with van der Waals surface area (Å²) in [5.41, 5.74) is 0.725. The van der Waals surface area contributed by atoms with Gasteiger partial charge in [-0.2, -0.15) is 0 Å². The van der Waals surface area contributed by atoms with Crippen molar-refractivity contribution in [2.75, 3.05) is 6.61 Å². The molecule has 0 N–H and O–H groups in total. The second-order valence-electron chi connectivity index (χ2n) is 4.27. The molecule has 0 amide bonds. The minimum Gasteiger partial charge on any atom is -0.370 e. The summed E-state index contributed by atoms with van der Waals surface area (Å²) in [7, 11) is 0. The number of carbonyl (C=O) groups excluding carboxylic acids is 1. The highest BCUT2D eigenvalue weighted by molar-refractivity contribution is 6.09. The molecule has 1 aromatic carbocycles. The molecule has 1 saturated heterocycles. The van der Waals surface area contributed by atoms with Crippen LogP contribution in [0.3, 0.4) is 0 Å². The van der Waals surface area contributed by atoms with Crippen molar-refractivity contribution in [1.29, 1.82) is 0 Å². The molecule has 86 valence electrons. The number of ketones is 1. The Kier molecular flexibility index (Phi) is 2.61. The van der Waals surface area contributed by atoms with Gasteiger partial charge in [0.1, 0.15) is 6.10 Å². The van der Waals surface area contributed by atoms with Crippen molar-refractivity contribution in [1.82, 2.24) is 4.98 Å². The zero-order valence-corrected chi connectivity index (χ0v) is 9.43. The van der Waals surface area contributed by atoms with E-state index in [0.717, 1.165) is 29.2 Å². The summed E-state index contributed by atoms with van der Waals surface area (Å²) in [6.45, 7) is 0.694. The van der Waals surface area contributed by atoms with Gasteiger partial charge in [-0.05, 0) is 24.3 Å². The monoisotopic (exact) mass is 227 g/mol. The molecule has 1 aliphatic rings. The summed E-state index contributed by atoms with van der Waals surface area (Å²) in [6, 6.07) is 7.67. The zero-order valence-electron chi connectivity index (χ0n) is 9.43. The first-order valence-corrected chi connectivity index (χ1v) is 5.85. The fourth-order valence-corrected chi connectivity index (χ4v) is 2.29. The number of nitrogens with zero attached hydrogens (tertiary/aromatic N) is 1. The first-order valence-electron chi connectivity index (χ1n) is 5.85. The number of hydrogen-bond acceptors (Lipinski definition) is 3. The largest absolute Gasteiger partial charge is 0.370 e.